The maximum absolute atomic E-state index is 5.97. The largest absolute Gasteiger partial charge is 0.334 e. The van der Waals surface area contributed by atoms with Crippen LogP contribution in [0.4, 0.5) is 0 Å². The third-order valence-electron chi connectivity index (χ3n) is 2.62. The fourth-order valence-corrected chi connectivity index (χ4v) is 2.29. The lowest BCUT2D eigenvalue weighted by molar-refractivity contribution is 0.400. The molecule has 2 aromatic rings. The summed E-state index contributed by atoms with van der Waals surface area (Å²) in [6.45, 7) is 4.03. The second-order valence-electron chi connectivity index (χ2n) is 4.35. The molecule has 96 valence electrons. The van der Waals surface area contributed by atoms with Gasteiger partial charge < -0.3 is 10.3 Å². The predicted molar refractivity (Wildman–Crippen MR) is 74.2 cm³/mol. The highest BCUT2D eigenvalue weighted by Crippen LogP contribution is 2.30. The molecule has 0 saturated heterocycles. The van der Waals surface area contributed by atoms with Crippen LogP contribution >= 0.6 is 27.5 Å². The van der Waals surface area contributed by atoms with Gasteiger partial charge in [0.25, 0.3) is 5.89 Å². The molecule has 1 atom stereocenters. The van der Waals surface area contributed by atoms with Gasteiger partial charge in [-0.25, -0.2) is 0 Å². The summed E-state index contributed by atoms with van der Waals surface area (Å²) in [4.78, 5) is 4.32. The molecule has 0 amide bonds. The summed E-state index contributed by atoms with van der Waals surface area (Å²) in [5.74, 6) is 1.20. The van der Waals surface area contributed by atoms with Crippen LogP contribution in [0.3, 0.4) is 0 Å². The summed E-state index contributed by atoms with van der Waals surface area (Å²) in [6, 6.07) is 5.15. The van der Waals surface area contributed by atoms with Crippen molar-refractivity contribution in [2.75, 3.05) is 0 Å². The van der Waals surface area contributed by atoms with Crippen LogP contribution in [0.15, 0.2) is 27.2 Å². The first-order valence-corrected chi connectivity index (χ1v) is 6.70. The van der Waals surface area contributed by atoms with E-state index in [1.807, 2.05) is 19.9 Å². The first-order valence-electron chi connectivity index (χ1n) is 5.53. The number of halogens is 2. The summed E-state index contributed by atoms with van der Waals surface area (Å²) in [6.07, 6.45) is 0. The topological polar surface area (TPSA) is 64.9 Å². The molecule has 0 saturated carbocycles. The lowest BCUT2D eigenvalue weighted by atomic mass is 10.1. The van der Waals surface area contributed by atoms with Crippen LogP contribution in [-0.4, -0.2) is 10.1 Å². The number of hydrogen-bond acceptors (Lipinski definition) is 4. The molecule has 18 heavy (non-hydrogen) atoms. The van der Waals surface area contributed by atoms with Gasteiger partial charge >= 0.3 is 0 Å². The van der Waals surface area contributed by atoms with Gasteiger partial charge in [-0.3, -0.25) is 0 Å². The van der Waals surface area contributed by atoms with Gasteiger partial charge in [-0.1, -0.05) is 30.6 Å². The molecular weight excluding hydrogens is 318 g/mol. The normalized spacial score (nSPS) is 13.0. The second kappa shape index (κ2) is 5.38. The Bertz CT molecular complexity index is 556. The molecule has 2 rings (SSSR count). The Hall–Kier alpha value is -0.910. The van der Waals surface area contributed by atoms with E-state index in [9.17, 15) is 0 Å². The molecule has 0 fully saturated rings. The Morgan fingerprint density at radius 2 is 2.11 bits per heavy atom. The lowest BCUT2D eigenvalue weighted by Crippen LogP contribution is -2.18. The summed E-state index contributed by atoms with van der Waals surface area (Å²) in [5.41, 5.74) is 6.77. The van der Waals surface area contributed by atoms with E-state index < -0.39 is 0 Å². The molecule has 1 aromatic carbocycles. The van der Waals surface area contributed by atoms with Crippen molar-refractivity contribution < 1.29 is 4.52 Å². The SMILES string of the molecule is CC(C)C(N)c1noc(-c2ccc(Cl)cc2Br)n1. The van der Waals surface area contributed by atoms with Crippen molar-refractivity contribution in [2.45, 2.75) is 19.9 Å². The zero-order valence-corrected chi connectivity index (χ0v) is 12.4. The number of nitrogens with two attached hydrogens (primary N) is 1. The minimum Gasteiger partial charge on any atom is -0.334 e. The van der Waals surface area contributed by atoms with Gasteiger partial charge in [-0.05, 0) is 40.0 Å². The molecule has 1 aromatic heterocycles. The lowest BCUT2D eigenvalue weighted by Gasteiger charge is -2.09. The van der Waals surface area contributed by atoms with Gasteiger partial charge in [0.2, 0.25) is 0 Å². The van der Waals surface area contributed by atoms with E-state index in [2.05, 4.69) is 26.1 Å². The Kier molecular flexibility index (Phi) is 4.04. The fraction of sp³-hybridized carbons (Fsp3) is 0.333. The summed E-state index contributed by atoms with van der Waals surface area (Å²) >= 11 is 9.30. The molecule has 6 heteroatoms. The first-order chi connectivity index (χ1) is 8.49. The van der Waals surface area contributed by atoms with E-state index in [1.54, 1.807) is 12.1 Å². The number of hydrogen-bond donors (Lipinski definition) is 1. The number of aromatic nitrogens is 2. The predicted octanol–water partition coefficient (Wildman–Crippen LogP) is 3.81. The fourth-order valence-electron chi connectivity index (χ4n) is 1.44. The van der Waals surface area contributed by atoms with Crippen molar-refractivity contribution in [1.29, 1.82) is 0 Å². The summed E-state index contributed by atoms with van der Waals surface area (Å²) in [5, 5.41) is 4.56. The monoisotopic (exact) mass is 329 g/mol. The van der Waals surface area contributed by atoms with E-state index in [0.29, 0.717) is 16.7 Å². The van der Waals surface area contributed by atoms with Crippen LogP contribution in [0.5, 0.6) is 0 Å². The Morgan fingerprint density at radius 3 is 2.72 bits per heavy atom. The van der Waals surface area contributed by atoms with Crippen LogP contribution in [-0.2, 0) is 0 Å². The minimum absolute atomic E-state index is 0.228. The highest BCUT2D eigenvalue weighted by atomic mass is 79.9. The Morgan fingerprint density at radius 1 is 1.39 bits per heavy atom. The third kappa shape index (κ3) is 2.74. The van der Waals surface area contributed by atoms with Gasteiger partial charge in [0.05, 0.1) is 11.6 Å². The van der Waals surface area contributed by atoms with E-state index >= 15 is 0 Å². The number of benzene rings is 1. The van der Waals surface area contributed by atoms with Crippen molar-refractivity contribution in [1.82, 2.24) is 10.1 Å². The van der Waals surface area contributed by atoms with E-state index in [0.717, 1.165) is 10.0 Å². The third-order valence-corrected chi connectivity index (χ3v) is 3.51. The maximum Gasteiger partial charge on any atom is 0.259 e. The van der Waals surface area contributed by atoms with Gasteiger partial charge in [0.15, 0.2) is 5.82 Å². The molecule has 2 N–H and O–H groups in total. The molecule has 4 nitrogen and oxygen atoms in total. The van der Waals surface area contributed by atoms with Crippen LogP contribution in [0, 0.1) is 5.92 Å². The standard InChI is InChI=1S/C12H13BrClN3O/c1-6(2)10(15)11-16-12(18-17-11)8-4-3-7(14)5-9(8)13/h3-6,10H,15H2,1-2H3. The summed E-state index contributed by atoms with van der Waals surface area (Å²) < 4.78 is 6.04. The Labute approximate surface area is 119 Å². The van der Waals surface area contributed by atoms with Crippen molar-refractivity contribution >= 4 is 27.5 Å². The molecule has 1 unspecified atom stereocenters. The molecule has 0 aliphatic carbocycles. The molecule has 1 heterocycles. The van der Waals surface area contributed by atoms with Gasteiger partial charge in [-0.2, -0.15) is 4.98 Å². The first kappa shape index (κ1) is 13.5. The Balaban J connectivity index is 2.35. The average molecular weight is 331 g/mol. The summed E-state index contributed by atoms with van der Waals surface area (Å²) in [7, 11) is 0. The van der Waals surface area contributed by atoms with Gasteiger partial charge in [0.1, 0.15) is 0 Å². The molecule has 0 spiro atoms. The van der Waals surface area contributed by atoms with Crippen LogP contribution in [0.2, 0.25) is 5.02 Å². The van der Waals surface area contributed by atoms with Crippen molar-refractivity contribution in [3.05, 3.63) is 33.5 Å². The molecule has 0 aliphatic rings. The van der Waals surface area contributed by atoms with E-state index in [1.165, 1.54) is 0 Å². The molecule has 0 aliphatic heterocycles. The van der Waals surface area contributed by atoms with Crippen molar-refractivity contribution in [3.8, 4) is 11.5 Å². The molecular formula is C12H13BrClN3O. The maximum atomic E-state index is 5.97. The molecule has 0 bridgehead atoms. The zero-order valence-electron chi connectivity index (χ0n) is 10.0. The van der Waals surface area contributed by atoms with Crippen LogP contribution < -0.4 is 5.73 Å². The van der Waals surface area contributed by atoms with Crippen molar-refractivity contribution in [3.63, 3.8) is 0 Å². The zero-order chi connectivity index (χ0) is 13.3. The number of rotatable bonds is 3. The van der Waals surface area contributed by atoms with E-state index in [-0.39, 0.29) is 12.0 Å². The van der Waals surface area contributed by atoms with Gasteiger partial charge in [0, 0.05) is 9.50 Å². The quantitative estimate of drug-likeness (QED) is 0.929. The highest BCUT2D eigenvalue weighted by molar-refractivity contribution is 9.10. The van der Waals surface area contributed by atoms with Crippen molar-refractivity contribution in [2.24, 2.45) is 11.7 Å². The second-order valence-corrected chi connectivity index (χ2v) is 5.64. The number of nitrogens with zero attached hydrogens (tertiary/aromatic N) is 2. The smallest absolute Gasteiger partial charge is 0.259 e. The highest BCUT2D eigenvalue weighted by Gasteiger charge is 2.19. The van der Waals surface area contributed by atoms with Gasteiger partial charge in [-0.15, -0.1) is 0 Å². The van der Waals surface area contributed by atoms with Crippen LogP contribution in [0.1, 0.15) is 25.7 Å². The minimum atomic E-state index is -0.228. The molecule has 0 radical (unpaired) electrons. The van der Waals surface area contributed by atoms with Crippen LogP contribution in [0.25, 0.3) is 11.5 Å². The average Bonchev–Trinajstić information content (AvgIpc) is 2.77. The van der Waals surface area contributed by atoms with E-state index in [4.69, 9.17) is 21.9 Å².